The predicted octanol–water partition coefficient (Wildman–Crippen LogP) is 4.04. The van der Waals surface area contributed by atoms with Crippen LogP contribution in [-0.2, 0) is 12.1 Å². The Hall–Kier alpha value is -4.58. The van der Waals surface area contributed by atoms with Crippen LogP contribution in [0.5, 0.6) is 0 Å². The Labute approximate surface area is 244 Å². The Balaban J connectivity index is 1.14. The lowest BCUT2D eigenvalue weighted by Gasteiger charge is -2.51. The van der Waals surface area contributed by atoms with Gasteiger partial charge in [-0.25, -0.2) is 14.4 Å². The van der Waals surface area contributed by atoms with Crippen LogP contribution in [0.1, 0.15) is 30.4 Å². The zero-order chi connectivity index (χ0) is 29.6. The van der Waals surface area contributed by atoms with Crippen molar-refractivity contribution in [2.24, 2.45) is 0 Å². The second-order valence-electron chi connectivity index (χ2n) is 11.7. The number of rotatable bonds is 8. The van der Waals surface area contributed by atoms with Crippen molar-refractivity contribution in [3.8, 4) is 23.4 Å². The van der Waals surface area contributed by atoms with Crippen molar-refractivity contribution in [2.75, 3.05) is 39.1 Å². The van der Waals surface area contributed by atoms with E-state index >= 15 is 4.39 Å². The number of H-pyrrole nitrogens is 1. The number of nitrogens with one attached hydrogen (secondary N) is 1. The Morgan fingerprint density at radius 2 is 2.00 bits per heavy atom. The molecule has 1 aliphatic heterocycles. The summed E-state index contributed by atoms with van der Waals surface area (Å²) in [5.74, 6) is -0.461. The maximum Gasteiger partial charge on any atom is 0.147 e. The Morgan fingerprint density at radius 3 is 2.74 bits per heavy atom. The van der Waals surface area contributed by atoms with E-state index in [4.69, 9.17) is 0 Å². The van der Waals surface area contributed by atoms with Crippen molar-refractivity contribution in [1.29, 1.82) is 10.5 Å². The second-order valence-corrected chi connectivity index (χ2v) is 11.7. The van der Waals surface area contributed by atoms with Gasteiger partial charge >= 0.3 is 0 Å². The number of anilines is 1. The van der Waals surface area contributed by atoms with Crippen LogP contribution in [0, 0.1) is 28.5 Å². The van der Waals surface area contributed by atoms with Crippen molar-refractivity contribution in [1.82, 2.24) is 34.5 Å². The van der Waals surface area contributed by atoms with Crippen LogP contribution in [0.15, 0.2) is 55.3 Å². The van der Waals surface area contributed by atoms with Gasteiger partial charge in [-0.2, -0.15) is 15.6 Å². The smallest absolute Gasteiger partial charge is 0.147 e. The van der Waals surface area contributed by atoms with Gasteiger partial charge in [0.25, 0.3) is 0 Å². The van der Waals surface area contributed by atoms with Crippen molar-refractivity contribution in [2.45, 2.75) is 43.4 Å². The van der Waals surface area contributed by atoms with Gasteiger partial charge in [0.2, 0.25) is 0 Å². The molecule has 0 radical (unpaired) electrons. The van der Waals surface area contributed by atoms with Gasteiger partial charge in [-0.1, -0.05) is 18.2 Å². The molecule has 1 N–H and O–H groups in total. The number of likely N-dealkylation sites (N-methyl/N-ethyl adjacent to an activating group) is 1. The summed E-state index contributed by atoms with van der Waals surface area (Å²) >= 11 is 0. The van der Waals surface area contributed by atoms with E-state index in [1.165, 1.54) is 6.33 Å². The van der Waals surface area contributed by atoms with Gasteiger partial charge in [0.1, 0.15) is 35.0 Å². The number of fused-ring (bicyclic) bond motifs is 1. The predicted molar refractivity (Wildman–Crippen MR) is 158 cm³/mol. The molecule has 214 valence electrons. The van der Waals surface area contributed by atoms with E-state index in [-0.39, 0.29) is 17.6 Å². The maximum absolute atomic E-state index is 15.2. The molecule has 4 heterocycles. The molecule has 1 saturated heterocycles. The highest BCUT2D eigenvalue weighted by Crippen LogP contribution is 2.41. The lowest BCUT2D eigenvalue weighted by atomic mass is 9.85. The highest BCUT2D eigenvalue weighted by molar-refractivity contribution is 5.90. The first-order valence-corrected chi connectivity index (χ1v) is 14.0. The summed E-state index contributed by atoms with van der Waals surface area (Å²) in [4.78, 5) is 18.2. The van der Waals surface area contributed by atoms with E-state index in [1.807, 2.05) is 36.3 Å². The number of hydrogen-bond donors (Lipinski definition) is 1. The van der Waals surface area contributed by atoms with E-state index in [9.17, 15) is 10.5 Å². The van der Waals surface area contributed by atoms with Gasteiger partial charge in [-0.05, 0) is 32.0 Å². The second kappa shape index (κ2) is 10.7. The molecule has 1 aliphatic carbocycles. The summed E-state index contributed by atoms with van der Waals surface area (Å²) in [6.45, 7) is 6.18. The number of aromatic nitrogens is 5. The van der Waals surface area contributed by atoms with Crippen molar-refractivity contribution in [3.05, 3.63) is 72.2 Å². The van der Waals surface area contributed by atoms with Crippen LogP contribution >= 0.6 is 0 Å². The summed E-state index contributed by atoms with van der Waals surface area (Å²) in [6, 6.07) is 10.3. The molecule has 0 amide bonds. The van der Waals surface area contributed by atoms with Crippen molar-refractivity contribution >= 4 is 16.7 Å². The average molecular weight is 565 g/mol. The van der Waals surface area contributed by atoms with Gasteiger partial charge in [0, 0.05) is 74.7 Å². The molecule has 0 bridgehead atoms. The molecule has 11 heteroatoms. The summed E-state index contributed by atoms with van der Waals surface area (Å²) in [5, 5.41) is 24.9. The highest BCUT2D eigenvalue weighted by atomic mass is 19.1. The Bertz CT molecular complexity index is 1730. The number of nitriles is 2. The number of hydrogen-bond acceptors (Lipinski definition) is 8. The van der Waals surface area contributed by atoms with E-state index < -0.39 is 11.4 Å². The number of likely N-dealkylation sites (tertiary alicyclic amines) is 1. The normalized spacial score (nSPS) is 20.0. The first-order valence-electron chi connectivity index (χ1n) is 14.0. The average Bonchev–Trinajstić information content (AvgIpc) is 3.71. The van der Waals surface area contributed by atoms with Gasteiger partial charge in [0.05, 0.1) is 30.1 Å². The van der Waals surface area contributed by atoms with Crippen LogP contribution in [0.4, 0.5) is 10.1 Å². The first kappa shape index (κ1) is 27.6. The molecule has 10 nitrogen and oxygen atoms in total. The number of halogens is 1. The van der Waals surface area contributed by atoms with E-state index in [0.717, 1.165) is 40.7 Å². The fourth-order valence-corrected chi connectivity index (χ4v) is 6.57. The molecule has 0 spiro atoms. The van der Waals surface area contributed by atoms with Gasteiger partial charge in [-0.15, -0.1) is 0 Å². The number of nitrogens with zero attached hydrogens (tertiary/aromatic N) is 9. The lowest BCUT2D eigenvalue weighted by Crippen LogP contribution is -2.65. The minimum Gasteiger partial charge on any atom is -0.377 e. The summed E-state index contributed by atoms with van der Waals surface area (Å²) in [7, 11) is 5.59. The Kier molecular flexibility index (Phi) is 7.01. The monoisotopic (exact) mass is 564 g/mol. The third-order valence-electron chi connectivity index (χ3n) is 8.83. The van der Waals surface area contributed by atoms with Gasteiger partial charge < -0.3 is 9.88 Å². The van der Waals surface area contributed by atoms with Crippen LogP contribution in [0.2, 0.25) is 0 Å². The molecule has 3 aromatic heterocycles. The van der Waals surface area contributed by atoms with E-state index in [2.05, 4.69) is 42.5 Å². The molecular weight excluding hydrogens is 531 g/mol. The molecule has 4 aromatic rings. The van der Waals surface area contributed by atoms with Crippen LogP contribution in [0.25, 0.3) is 22.3 Å². The summed E-state index contributed by atoms with van der Waals surface area (Å²) < 4.78 is 17.2. The fourth-order valence-electron chi connectivity index (χ4n) is 6.57. The largest absolute Gasteiger partial charge is 0.377 e. The van der Waals surface area contributed by atoms with Crippen molar-refractivity contribution in [3.63, 3.8) is 0 Å². The standard InChI is InChI=1S/C31H33FN10/c1-20-11-23(12-27(20)40(4)15-21-5-6-26(39(2)3)25(13-34)28(21)32)41-17-31(18-41,8-9-33)42-16-22(14-38-42)29-24-7-10-35-30(24)37-19-36-29/h5-7,10,14,16,19,23,27H,1,8,11-12,15,17-18H2,2-4H3,(H,35,36,37). The zero-order valence-electron chi connectivity index (χ0n) is 24.0. The number of aromatic amines is 1. The molecule has 2 fully saturated rings. The molecule has 2 aliphatic rings. The molecule has 2 atom stereocenters. The lowest BCUT2D eigenvalue weighted by molar-refractivity contribution is -0.0257. The third kappa shape index (κ3) is 4.61. The molecule has 1 aromatic carbocycles. The Morgan fingerprint density at radius 1 is 1.19 bits per heavy atom. The van der Waals surface area contributed by atoms with Gasteiger partial charge in [0.15, 0.2) is 0 Å². The van der Waals surface area contributed by atoms with Crippen LogP contribution in [-0.4, -0.2) is 80.8 Å². The third-order valence-corrected chi connectivity index (χ3v) is 8.83. The summed E-state index contributed by atoms with van der Waals surface area (Å²) in [6.07, 6.45) is 9.25. The van der Waals surface area contributed by atoms with E-state index in [1.54, 1.807) is 37.3 Å². The molecule has 42 heavy (non-hydrogen) atoms. The fraction of sp³-hybridized carbons (Fsp3) is 0.387. The first-order chi connectivity index (χ1) is 20.2. The quantitative estimate of drug-likeness (QED) is 0.319. The minimum atomic E-state index is -0.461. The highest BCUT2D eigenvalue weighted by Gasteiger charge is 2.49. The molecular formula is C31H33FN10. The molecule has 6 rings (SSSR count). The SMILES string of the molecule is C=C1CC(N2CC(CC#N)(n3cc(-c4ncnc5[nH]ccc45)cn3)C2)CC1N(C)Cc1ccc(N(C)C)c(C#N)c1F. The minimum absolute atomic E-state index is 0.0717. The molecule has 2 unspecified atom stereocenters. The van der Waals surface area contributed by atoms with Crippen molar-refractivity contribution < 1.29 is 4.39 Å². The molecule has 1 saturated carbocycles. The van der Waals surface area contributed by atoms with E-state index in [0.29, 0.717) is 37.3 Å². The van der Waals surface area contributed by atoms with Crippen LogP contribution in [0.3, 0.4) is 0 Å². The maximum atomic E-state index is 15.2. The van der Waals surface area contributed by atoms with Gasteiger partial charge in [-0.3, -0.25) is 14.5 Å². The topological polar surface area (TPSA) is 117 Å². The van der Waals surface area contributed by atoms with Crippen LogP contribution < -0.4 is 4.90 Å². The summed E-state index contributed by atoms with van der Waals surface area (Å²) in [5.41, 5.74) is 4.33. The number of benzene rings is 1. The zero-order valence-corrected chi connectivity index (χ0v) is 24.0.